The molecule has 24 heavy (non-hydrogen) atoms. The number of benzene rings is 1. The van der Waals surface area contributed by atoms with Crippen molar-refractivity contribution in [3.05, 3.63) is 29.3 Å². The number of nitrogens with zero attached hydrogens (tertiary/aromatic N) is 2. The Balaban J connectivity index is 1.53. The predicted octanol–water partition coefficient (Wildman–Crippen LogP) is 2.04. The van der Waals surface area contributed by atoms with E-state index in [0.717, 1.165) is 44.0 Å². The average molecular weight is 329 g/mol. The van der Waals surface area contributed by atoms with E-state index in [2.05, 4.69) is 23.2 Å². The Labute approximate surface area is 144 Å². The number of likely N-dealkylation sites (N-methyl/N-ethyl adjacent to an activating group) is 1. The minimum atomic E-state index is -0.164. The zero-order valence-electron chi connectivity index (χ0n) is 14.8. The van der Waals surface area contributed by atoms with E-state index in [1.165, 1.54) is 5.56 Å². The van der Waals surface area contributed by atoms with Gasteiger partial charge >= 0.3 is 0 Å². The van der Waals surface area contributed by atoms with Crippen LogP contribution in [-0.2, 0) is 9.59 Å². The third kappa shape index (κ3) is 3.61. The van der Waals surface area contributed by atoms with Gasteiger partial charge in [0.1, 0.15) is 0 Å². The van der Waals surface area contributed by atoms with Crippen LogP contribution in [0.3, 0.4) is 0 Å². The molecule has 2 aliphatic rings. The van der Waals surface area contributed by atoms with Crippen LogP contribution in [0.5, 0.6) is 0 Å². The summed E-state index contributed by atoms with van der Waals surface area (Å²) in [5, 5.41) is 2.99. The Morgan fingerprint density at radius 3 is 2.46 bits per heavy atom. The molecule has 0 bridgehead atoms. The van der Waals surface area contributed by atoms with Gasteiger partial charge < -0.3 is 15.1 Å². The van der Waals surface area contributed by atoms with Crippen LogP contribution in [0.4, 0.5) is 5.69 Å². The van der Waals surface area contributed by atoms with Crippen molar-refractivity contribution in [2.75, 3.05) is 38.0 Å². The highest BCUT2D eigenvalue weighted by molar-refractivity contribution is 5.99. The second kappa shape index (κ2) is 6.93. The highest BCUT2D eigenvalue weighted by atomic mass is 16.2. The topological polar surface area (TPSA) is 52.7 Å². The van der Waals surface area contributed by atoms with Crippen LogP contribution < -0.4 is 5.32 Å². The van der Waals surface area contributed by atoms with Crippen molar-refractivity contribution in [3.63, 3.8) is 0 Å². The second-order valence-corrected chi connectivity index (χ2v) is 7.02. The number of piperazine rings is 1. The maximum Gasteiger partial charge on any atom is 0.228 e. The van der Waals surface area contributed by atoms with Crippen LogP contribution in [0, 0.1) is 25.7 Å². The molecular formula is C19H27N3O2. The van der Waals surface area contributed by atoms with Gasteiger partial charge in [-0.2, -0.15) is 0 Å². The van der Waals surface area contributed by atoms with Crippen LogP contribution in [0.15, 0.2) is 18.2 Å². The number of nitrogens with one attached hydrogen (secondary N) is 1. The van der Waals surface area contributed by atoms with Gasteiger partial charge in [-0.25, -0.2) is 0 Å². The highest BCUT2D eigenvalue weighted by Crippen LogP contribution is 2.41. The third-order valence-electron chi connectivity index (χ3n) is 5.22. The maximum atomic E-state index is 12.6. The largest absolute Gasteiger partial charge is 0.340 e. The van der Waals surface area contributed by atoms with E-state index in [1.807, 2.05) is 30.9 Å². The lowest BCUT2D eigenvalue weighted by molar-refractivity contribution is -0.135. The van der Waals surface area contributed by atoms with Crippen molar-refractivity contribution in [1.29, 1.82) is 0 Å². The van der Waals surface area contributed by atoms with E-state index in [0.29, 0.717) is 6.42 Å². The Kier molecular flexibility index (Phi) is 4.90. The lowest BCUT2D eigenvalue weighted by Crippen LogP contribution is -2.49. The molecule has 1 aliphatic heterocycles. The van der Waals surface area contributed by atoms with E-state index in [1.54, 1.807) is 0 Å². The van der Waals surface area contributed by atoms with Crippen molar-refractivity contribution in [3.8, 4) is 0 Å². The fourth-order valence-electron chi connectivity index (χ4n) is 3.46. The van der Waals surface area contributed by atoms with Gasteiger partial charge in [-0.15, -0.1) is 0 Å². The van der Waals surface area contributed by atoms with Crippen LogP contribution in [0.1, 0.15) is 24.5 Å². The summed E-state index contributed by atoms with van der Waals surface area (Å²) in [5.41, 5.74) is 3.08. The molecule has 0 radical (unpaired) electrons. The Hall–Kier alpha value is -1.88. The molecule has 1 saturated heterocycles. The molecule has 2 atom stereocenters. The SMILES string of the molecule is CCN1CCN(C(=O)C2CC2C(=O)Nc2ccc(C)cc2C)CC1. The number of aryl methyl sites for hydroxylation is 2. The molecule has 2 fully saturated rings. The lowest BCUT2D eigenvalue weighted by Gasteiger charge is -2.34. The summed E-state index contributed by atoms with van der Waals surface area (Å²) in [5.74, 6) is -0.148. The number of anilines is 1. The Morgan fingerprint density at radius 2 is 1.83 bits per heavy atom. The van der Waals surface area contributed by atoms with Crippen molar-refractivity contribution >= 4 is 17.5 Å². The van der Waals surface area contributed by atoms with E-state index >= 15 is 0 Å². The number of amides is 2. The average Bonchev–Trinajstić information content (AvgIpc) is 3.37. The Bertz CT molecular complexity index is 635. The fraction of sp³-hybridized carbons (Fsp3) is 0.579. The molecule has 3 rings (SSSR count). The molecule has 1 saturated carbocycles. The summed E-state index contributed by atoms with van der Waals surface area (Å²) in [7, 11) is 0. The zero-order valence-corrected chi connectivity index (χ0v) is 14.8. The predicted molar refractivity (Wildman–Crippen MR) is 94.8 cm³/mol. The summed E-state index contributed by atoms with van der Waals surface area (Å²) >= 11 is 0. The molecule has 1 heterocycles. The van der Waals surface area contributed by atoms with Crippen LogP contribution in [-0.4, -0.2) is 54.3 Å². The molecule has 2 amide bonds. The van der Waals surface area contributed by atoms with E-state index in [9.17, 15) is 9.59 Å². The van der Waals surface area contributed by atoms with Gasteiger partial charge in [0.05, 0.1) is 11.8 Å². The first-order valence-electron chi connectivity index (χ1n) is 8.89. The molecule has 1 aromatic carbocycles. The van der Waals surface area contributed by atoms with E-state index in [4.69, 9.17) is 0 Å². The molecule has 1 N–H and O–H groups in total. The summed E-state index contributed by atoms with van der Waals surface area (Å²) in [6, 6.07) is 5.98. The fourth-order valence-corrected chi connectivity index (χ4v) is 3.46. The van der Waals surface area contributed by atoms with Crippen molar-refractivity contribution in [2.24, 2.45) is 11.8 Å². The summed E-state index contributed by atoms with van der Waals surface area (Å²) in [6.07, 6.45) is 0.684. The molecular weight excluding hydrogens is 302 g/mol. The number of hydrogen-bond acceptors (Lipinski definition) is 3. The molecule has 130 valence electrons. The number of hydrogen-bond donors (Lipinski definition) is 1. The number of carbonyl (C=O) groups is 2. The normalized spacial score (nSPS) is 23.9. The number of carbonyl (C=O) groups excluding carboxylic acids is 2. The van der Waals surface area contributed by atoms with Crippen LogP contribution in [0.25, 0.3) is 0 Å². The molecule has 5 heteroatoms. The van der Waals surface area contributed by atoms with Crippen molar-refractivity contribution in [2.45, 2.75) is 27.2 Å². The zero-order chi connectivity index (χ0) is 17.3. The molecule has 2 unspecified atom stereocenters. The minimum absolute atomic E-state index is 0.0208. The minimum Gasteiger partial charge on any atom is -0.340 e. The first-order valence-corrected chi connectivity index (χ1v) is 8.89. The van der Waals surface area contributed by atoms with Gasteiger partial charge in [-0.3, -0.25) is 9.59 Å². The lowest BCUT2D eigenvalue weighted by atomic mass is 10.1. The van der Waals surface area contributed by atoms with Gasteiger partial charge in [0.2, 0.25) is 11.8 Å². The van der Waals surface area contributed by atoms with Crippen molar-refractivity contribution in [1.82, 2.24) is 9.80 Å². The summed E-state index contributed by atoms with van der Waals surface area (Å²) in [6.45, 7) is 10.7. The molecule has 0 spiro atoms. The van der Waals surface area contributed by atoms with Gasteiger partial charge in [0.25, 0.3) is 0 Å². The standard InChI is InChI=1S/C19H27N3O2/c1-4-21-7-9-22(10-8-21)19(24)16-12-15(16)18(23)20-17-6-5-13(2)11-14(17)3/h5-6,11,15-16H,4,7-10,12H2,1-3H3,(H,20,23). The Morgan fingerprint density at radius 1 is 1.12 bits per heavy atom. The van der Waals surface area contributed by atoms with Gasteiger partial charge in [0, 0.05) is 31.9 Å². The maximum absolute atomic E-state index is 12.6. The van der Waals surface area contributed by atoms with E-state index in [-0.39, 0.29) is 23.7 Å². The second-order valence-electron chi connectivity index (χ2n) is 7.02. The van der Waals surface area contributed by atoms with E-state index < -0.39 is 0 Å². The highest BCUT2D eigenvalue weighted by Gasteiger charge is 2.49. The molecule has 1 aromatic rings. The van der Waals surface area contributed by atoms with Gasteiger partial charge in [-0.1, -0.05) is 24.6 Å². The van der Waals surface area contributed by atoms with Gasteiger partial charge in [0.15, 0.2) is 0 Å². The first kappa shape index (κ1) is 17.0. The smallest absolute Gasteiger partial charge is 0.228 e. The first-order chi connectivity index (χ1) is 11.5. The summed E-state index contributed by atoms with van der Waals surface area (Å²) in [4.78, 5) is 29.3. The van der Waals surface area contributed by atoms with Crippen LogP contribution >= 0.6 is 0 Å². The molecule has 0 aromatic heterocycles. The number of rotatable bonds is 4. The summed E-state index contributed by atoms with van der Waals surface area (Å²) < 4.78 is 0. The molecule has 1 aliphatic carbocycles. The van der Waals surface area contributed by atoms with Crippen molar-refractivity contribution < 1.29 is 9.59 Å². The van der Waals surface area contributed by atoms with Gasteiger partial charge in [-0.05, 0) is 38.4 Å². The monoisotopic (exact) mass is 329 g/mol. The molecule has 5 nitrogen and oxygen atoms in total. The quantitative estimate of drug-likeness (QED) is 0.920. The van der Waals surface area contributed by atoms with Crippen LogP contribution in [0.2, 0.25) is 0 Å². The third-order valence-corrected chi connectivity index (χ3v) is 5.22.